The first-order valence-corrected chi connectivity index (χ1v) is 7.09. The zero-order chi connectivity index (χ0) is 14.1. The Bertz CT molecular complexity index is 876. The average Bonchev–Trinajstić information content (AvgIpc) is 2.46. The molecule has 21 heavy (non-hydrogen) atoms. The van der Waals surface area contributed by atoms with Gasteiger partial charge >= 0.3 is 29.6 Å². The summed E-state index contributed by atoms with van der Waals surface area (Å²) in [5.74, 6) is 0. The molecule has 2 N–H and O–H groups in total. The van der Waals surface area contributed by atoms with Crippen LogP contribution in [0.4, 0.5) is 0 Å². The number of hydrogen-bond acceptors (Lipinski definition) is 2. The SMILES string of the molecule is O=c1[nH]c(-c2ccc3ccccc3c2)ccc1S(=O)O.[NaH]. The third kappa shape index (κ3) is 3.33. The van der Waals surface area contributed by atoms with Crippen LogP contribution in [0.15, 0.2) is 64.3 Å². The summed E-state index contributed by atoms with van der Waals surface area (Å²) in [6, 6.07) is 16.8. The zero-order valence-electron chi connectivity index (χ0n) is 10.4. The Labute approximate surface area is 145 Å². The molecule has 1 aromatic heterocycles. The van der Waals surface area contributed by atoms with E-state index in [9.17, 15) is 9.00 Å². The van der Waals surface area contributed by atoms with Crippen molar-refractivity contribution in [3.8, 4) is 11.3 Å². The van der Waals surface area contributed by atoms with Crippen molar-refractivity contribution in [1.82, 2.24) is 4.98 Å². The molecule has 3 aromatic rings. The van der Waals surface area contributed by atoms with Crippen molar-refractivity contribution in [1.29, 1.82) is 0 Å². The van der Waals surface area contributed by atoms with Crippen molar-refractivity contribution in [3.63, 3.8) is 0 Å². The first-order valence-electron chi connectivity index (χ1n) is 5.98. The number of aromatic amines is 1. The van der Waals surface area contributed by atoms with E-state index in [4.69, 9.17) is 4.55 Å². The summed E-state index contributed by atoms with van der Waals surface area (Å²) in [5.41, 5.74) is 0.933. The molecule has 1 heterocycles. The molecule has 0 radical (unpaired) electrons. The average molecular weight is 309 g/mol. The zero-order valence-corrected chi connectivity index (χ0v) is 11.2. The second-order valence-electron chi connectivity index (χ2n) is 4.38. The van der Waals surface area contributed by atoms with E-state index in [1.807, 2.05) is 42.5 Å². The molecule has 102 valence electrons. The second kappa shape index (κ2) is 6.68. The van der Waals surface area contributed by atoms with Crippen molar-refractivity contribution in [2.45, 2.75) is 4.90 Å². The molecule has 0 aliphatic carbocycles. The summed E-state index contributed by atoms with van der Waals surface area (Å²) >= 11 is -2.27. The van der Waals surface area contributed by atoms with E-state index in [-0.39, 0.29) is 34.5 Å². The minimum absolute atomic E-state index is 0. The summed E-state index contributed by atoms with van der Waals surface area (Å²) < 4.78 is 19.9. The second-order valence-corrected chi connectivity index (χ2v) is 5.31. The van der Waals surface area contributed by atoms with Crippen LogP contribution < -0.4 is 5.56 Å². The number of nitrogens with one attached hydrogen (secondary N) is 1. The number of H-pyrrole nitrogens is 1. The van der Waals surface area contributed by atoms with Gasteiger partial charge in [0.1, 0.15) is 4.90 Å². The standard InChI is InChI=1S/C15H11NO3S.Na.H/c17-15-14(20(18)19)8-7-13(16-15)12-6-5-10-3-1-2-4-11(10)9-12;;/h1-9H,(H,16,17)(H,18,19);;. The van der Waals surface area contributed by atoms with Crippen molar-refractivity contribution in [2.75, 3.05) is 0 Å². The van der Waals surface area contributed by atoms with E-state index in [0.717, 1.165) is 16.3 Å². The van der Waals surface area contributed by atoms with Crippen LogP contribution in [0, 0.1) is 0 Å². The molecule has 2 aromatic carbocycles. The number of fused-ring (bicyclic) bond motifs is 1. The van der Waals surface area contributed by atoms with Crippen LogP contribution >= 0.6 is 0 Å². The Morgan fingerprint density at radius 1 is 0.952 bits per heavy atom. The fourth-order valence-corrected chi connectivity index (χ4v) is 2.52. The van der Waals surface area contributed by atoms with Gasteiger partial charge in [-0.3, -0.25) is 4.79 Å². The van der Waals surface area contributed by atoms with Gasteiger partial charge in [-0.25, -0.2) is 4.21 Å². The predicted molar refractivity (Wildman–Crippen MR) is 86.2 cm³/mol. The van der Waals surface area contributed by atoms with Gasteiger partial charge in [-0.15, -0.1) is 0 Å². The van der Waals surface area contributed by atoms with Gasteiger partial charge in [0.05, 0.1) is 0 Å². The van der Waals surface area contributed by atoms with Crippen LogP contribution in [0.2, 0.25) is 0 Å². The van der Waals surface area contributed by atoms with Gasteiger partial charge in [0.25, 0.3) is 5.56 Å². The molecule has 1 unspecified atom stereocenters. The third-order valence-corrected chi connectivity index (χ3v) is 3.82. The molecule has 0 spiro atoms. The Morgan fingerprint density at radius 2 is 1.67 bits per heavy atom. The summed E-state index contributed by atoms with van der Waals surface area (Å²) in [5, 5.41) is 2.19. The van der Waals surface area contributed by atoms with Crippen LogP contribution in [-0.4, -0.2) is 43.3 Å². The Kier molecular flexibility index (Phi) is 5.13. The van der Waals surface area contributed by atoms with E-state index >= 15 is 0 Å². The molecule has 0 fully saturated rings. The van der Waals surface area contributed by atoms with Gasteiger partial charge in [0, 0.05) is 5.69 Å². The molecular weight excluding hydrogens is 297 g/mol. The predicted octanol–water partition coefficient (Wildman–Crippen LogP) is 2.13. The first kappa shape index (κ1) is 16.1. The van der Waals surface area contributed by atoms with Crippen LogP contribution in [0.5, 0.6) is 0 Å². The van der Waals surface area contributed by atoms with Gasteiger partial charge in [-0.05, 0) is 34.5 Å². The van der Waals surface area contributed by atoms with Gasteiger partial charge in [-0.1, -0.05) is 36.4 Å². The summed E-state index contributed by atoms with van der Waals surface area (Å²) in [4.78, 5) is 14.2. The van der Waals surface area contributed by atoms with Gasteiger partial charge in [0.15, 0.2) is 11.1 Å². The number of pyridine rings is 1. The molecule has 0 aliphatic rings. The van der Waals surface area contributed by atoms with Crippen molar-refractivity contribution < 1.29 is 8.76 Å². The molecule has 0 amide bonds. The van der Waals surface area contributed by atoms with E-state index < -0.39 is 16.6 Å². The van der Waals surface area contributed by atoms with E-state index in [0.29, 0.717) is 5.69 Å². The maximum atomic E-state index is 11.7. The molecule has 0 saturated carbocycles. The quantitative estimate of drug-likeness (QED) is 0.563. The molecule has 0 saturated heterocycles. The third-order valence-electron chi connectivity index (χ3n) is 3.12. The minimum atomic E-state index is -2.27. The summed E-state index contributed by atoms with van der Waals surface area (Å²) in [7, 11) is 0. The normalized spacial score (nSPS) is 11.9. The van der Waals surface area contributed by atoms with E-state index in [1.54, 1.807) is 6.07 Å². The monoisotopic (exact) mass is 309 g/mol. The van der Waals surface area contributed by atoms with Crippen LogP contribution in [0.25, 0.3) is 22.0 Å². The topological polar surface area (TPSA) is 70.2 Å². The molecule has 3 rings (SSSR count). The molecule has 0 aliphatic heterocycles. The maximum absolute atomic E-state index is 11.7. The Balaban J connectivity index is 0.00000161. The Hall–Kier alpha value is -1.24. The van der Waals surface area contributed by atoms with Crippen molar-refractivity contribution in [2.24, 2.45) is 0 Å². The van der Waals surface area contributed by atoms with E-state index in [2.05, 4.69) is 4.98 Å². The molecule has 6 heteroatoms. The van der Waals surface area contributed by atoms with Crippen LogP contribution in [-0.2, 0) is 11.1 Å². The molecule has 4 nitrogen and oxygen atoms in total. The fraction of sp³-hybridized carbons (Fsp3) is 0. The van der Waals surface area contributed by atoms with E-state index in [1.165, 1.54) is 6.07 Å². The molecule has 0 bridgehead atoms. The number of benzene rings is 2. The summed E-state index contributed by atoms with van der Waals surface area (Å²) in [6.45, 7) is 0. The number of rotatable bonds is 2. The number of aromatic nitrogens is 1. The van der Waals surface area contributed by atoms with Crippen molar-refractivity contribution in [3.05, 3.63) is 65.0 Å². The summed E-state index contributed by atoms with van der Waals surface area (Å²) in [6.07, 6.45) is 0. The molecular formula is C15H12NNaO3S. The Morgan fingerprint density at radius 3 is 2.33 bits per heavy atom. The fourth-order valence-electron chi connectivity index (χ4n) is 2.12. The van der Waals surface area contributed by atoms with Crippen molar-refractivity contribution >= 4 is 51.4 Å². The first-order chi connectivity index (χ1) is 9.65. The molecule has 1 atom stereocenters. The van der Waals surface area contributed by atoms with Crippen LogP contribution in [0.3, 0.4) is 0 Å². The van der Waals surface area contributed by atoms with Gasteiger partial charge in [-0.2, -0.15) is 0 Å². The van der Waals surface area contributed by atoms with Crippen LogP contribution in [0.1, 0.15) is 0 Å². The van der Waals surface area contributed by atoms with Gasteiger partial charge in [0.2, 0.25) is 0 Å². The number of hydrogen-bond donors (Lipinski definition) is 2. The van der Waals surface area contributed by atoms with Gasteiger partial charge < -0.3 is 9.54 Å².